The number of amides is 2. The number of nitro benzene ring substituents is 1. The highest BCUT2D eigenvalue weighted by molar-refractivity contribution is 6.35. The Kier molecular flexibility index (Phi) is 5.24. The van der Waals surface area contributed by atoms with Crippen molar-refractivity contribution in [2.24, 2.45) is 22.7 Å². The second-order valence-electron chi connectivity index (χ2n) is 10.2. The summed E-state index contributed by atoms with van der Waals surface area (Å²) in [6, 6.07) is 25.0. The topological polar surface area (TPSA) is 97.6 Å². The quantitative estimate of drug-likeness (QED) is 0.243. The Morgan fingerprint density at radius 1 is 0.711 bits per heavy atom. The van der Waals surface area contributed by atoms with Gasteiger partial charge in [-0.3, -0.25) is 24.5 Å². The third-order valence-corrected chi connectivity index (χ3v) is 8.88. The van der Waals surface area contributed by atoms with Gasteiger partial charge < -0.3 is 0 Å². The molecule has 6 rings (SSSR count). The minimum Gasteiger partial charge on any atom is -0.298 e. The Labute approximate surface area is 219 Å². The zero-order valence-electron chi connectivity index (χ0n) is 21.1. The molecule has 0 aromatic heterocycles. The molecule has 3 aromatic carbocycles. The van der Waals surface area contributed by atoms with Gasteiger partial charge in [0.25, 0.3) is 5.69 Å². The fourth-order valence-corrected chi connectivity index (χ4v) is 7.50. The second-order valence-corrected chi connectivity index (χ2v) is 10.2. The van der Waals surface area contributed by atoms with E-state index in [1.165, 1.54) is 18.2 Å². The molecule has 38 heavy (non-hydrogen) atoms. The van der Waals surface area contributed by atoms with Crippen molar-refractivity contribution in [3.8, 4) is 0 Å². The van der Waals surface area contributed by atoms with Crippen LogP contribution in [0.15, 0.2) is 84.9 Å². The maximum Gasteiger partial charge on any atom is 0.293 e. The smallest absolute Gasteiger partial charge is 0.293 e. The molecule has 1 saturated heterocycles. The lowest BCUT2D eigenvalue weighted by Gasteiger charge is -2.38. The zero-order chi connectivity index (χ0) is 26.8. The molecule has 1 saturated carbocycles. The summed E-state index contributed by atoms with van der Waals surface area (Å²) in [5.41, 5.74) is 0.476. The van der Waals surface area contributed by atoms with Crippen molar-refractivity contribution in [2.75, 3.05) is 4.90 Å². The molecule has 2 aliphatic carbocycles. The van der Waals surface area contributed by atoms with E-state index in [0.717, 1.165) is 27.2 Å². The van der Waals surface area contributed by atoms with Crippen LogP contribution in [0.3, 0.4) is 0 Å². The van der Waals surface area contributed by atoms with Crippen LogP contribution in [0.5, 0.6) is 0 Å². The molecule has 190 valence electrons. The van der Waals surface area contributed by atoms with Gasteiger partial charge in [0.1, 0.15) is 5.69 Å². The lowest BCUT2D eigenvalue weighted by Crippen LogP contribution is -2.42. The summed E-state index contributed by atoms with van der Waals surface area (Å²) < 4.78 is 0. The number of allylic oxidation sites excluding steroid dienone is 2. The van der Waals surface area contributed by atoms with Gasteiger partial charge in [0, 0.05) is 6.07 Å². The highest BCUT2D eigenvalue weighted by Crippen LogP contribution is 2.75. The number of imide groups is 1. The molecule has 7 heteroatoms. The summed E-state index contributed by atoms with van der Waals surface area (Å²) in [6.07, 6.45) is 0.665. The van der Waals surface area contributed by atoms with Crippen LogP contribution >= 0.6 is 0 Å². The summed E-state index contributed by atoms with van der Waals surface area (Å²) in [6.45, 7) is 3.78. The summed E-state index contributed by atoms with van der Waals surface area (Å²) in [5, 5.41) is 11.8. The molecule has 2 amide bonds. The van der Waals surface area contributed by atoms with Crippen molar-refractivity contribution in [1.82, 2.24) is 0 Å². The van der Waals surface area contributed by atoms with E-state index in [4.69, 9.17) is 0 Å². The predicted octanol–water partition coefficient (Wildman–Crippen LogP) is 5.70. The molecule has 3 aromatic rings. The third-order valence-electron chi connectivity index (χ3n) is 8.88. The van der Waals surface area contributed by atoms with Gasteiger partial charge in [-0.15, -0.1) is 0 Å². The minimum atomic E-state index is -1.22. The molecule has 1 aliphatic heterocycles. The fourth-order valence-electron chi connectivity index (χ4n) is 7.50. The van der Waals surface area contributed by atoms with E-state index < -0.39 is 39.4 Å². The van der Waals surface area contributed by atoms with Gasteiger partial charge in [-0.1, -0.05) is 86.6 Å². The molecule has 0 spiro atoms. The number of benzene rings is 3. The Balaban J connectivity index is 1.67. The molecule has 4 atom stereocenters. The molecule has 0 N–H and O–H groups in total. The van der Waals surface area contributed by atoms with Crippen molar-refractivity contribution < 1.29 is 19.3 Å². The van der Waals surface area contributed by atoms with Crippen molar-refractivity contribution in [2.45, 2.75) is 26.7 Å². The van der Waals surface area contributed by atoms with Gasteiger partial charge >= 0.3 is 0 Å². The number of fused-ring (bicyclic) bond motifs is 5. The van der Waals surface area contributed by atoms with Gasteiger partial charge in [-0.2, -0.15) is 0 Å². The van der Waals surface area contributed by atoms with Crippen LogP contribution in [0.25, 0.3) is 11.1 Å². The minimum absolute atomic E-state index is 0.0474. The van der Waals surface area contributed by atoms with Crippen LogP contribution in [-0.2, 0) is 14.4 Å². The van der Waals surface area contributed by atoms with Gasteiger partial charge in [-0.05, 0) is 41.2 Å². The number of para-hydroxylation sites is 2. The monoisotopic (exact) mass is 506 g/mol. The molecule has 0 unspecified atom stereocenters. The fraction of sp³-hybridized carbons (Fsp3) is 0.258. The van der Waals surface area contributed by atoms with Crippen LogP contribution < -0.4 is 4.90 Å². The van der Waals surface area contributed by atoms with Crippen molar-refractivity contribution >= 4 is 40.1 Å². The first-order valence-corrected chi connectivity index (χ1v) is 12.9. The first kappa shape index (κ1) is 24.0. The summed E-state index contributed by atoms with van der Waals surface area (Å²) in [7, 11) is 0. The Morgan fingerprint density at radius 3 is 1.55 bits per heavy atom. The van der Waals surface area contributed by atoms with Crippen molar-refractivity contribution in [3.63, 3.8) is 0 Å². The number of nitro groups is 1. The standard InChI is InChI=1S/C31H26N2O5/c1-3-30-23(19-13-7-5-8-14-19)24(20-15-9-6-10-16-20)31(4-2,29(30)36)26-25(30)27(34)32(28(26)35)21-17-11-12-18-22(21)33(37)38/h5-18,25-26H,3-4H2,1-2H3/t25-,26+,30-,31-/m1/s1. The molecular weight excluding hydrogens is 480 g/mol. The van der Waals surface area contributed by atoms with E-state index in [-0.39, 0.29) is 17.2 Å². The molecular formula is C31H26N2O5. The lowest BCUT2D eigenvalue weighted by atomic mass is 9.60. The Bertz CT molecular complexity index is 1460. The number of carbonyl (C=O) groups is 3. The van der Waals surface area contributed by atoms with Crippen LogP contribution in [0.1, 0.15) is 37.8 Å². The Hall–Kier alpha value is -4.39. The normalized spacial score (nSPS) is 27.8. The SMILES string of the molecule is CC[C@@]12C(=O)[C@](CC)(C(c3ccccc3)=C1c1ccccc1)[C@H]1C(=O)N(c3ccccc3[N+](=O)[O-])C(=O)[C@H]12. The van der Waals surface area contributed by atoms with Gasteiger partial charge in [-0.25, -0.2) is 4.90 Å². The molecule has 0 radical (unpaired) electrons. The first-order chi connectivity index (χ1) is 18.4. The highest BCUT2D eigenvalue weighted by atomic mass is 16.6. The highest BCUT2D eigenvalue weighted by Gasteiger charge is 2.80. The van der Waals surface area contributed by atoms with Gasteiger partial charge in [0.05, 0.1) is 27.6 Å². The van der Waals surface area contributed by atoms with Crippen molar-refractivity contribution in [1.29, 1.82) is 0 Å². The van der Waals surface area contributed by atoms with E-state index in [1.807, 2.05) is 74.5 Å². The molecule has 7 nitrogen and oxygen atoms in total. The first-order valence-electron chi connectivity index (χ1n) is 12.9. The molecule has 1 heterocycles. The number of hydrogen-bond donors (Lipinski definition) is 0. The van der Waals surface area contributed by atoms with Crippen LogP contribution in [0.2, 0.25) is 0 Å². The van der Waals surface area contributed by atoms with Crippen LogP contribution in [0.4, 0.5) is 11.4 Å². The van der Waals surface area contributed by atoms with E-state index in [1.54, 1.807) is 6.07 Å². The maximum absolute atomic E-state index is 14.7. The molecule has 2 fully saturated rings. The van der Waals surface area contributed by atoms with E-state index in [9.17, 15) is 24.5 Å². The average Bonchev–Trinajstić information content (AvgIpc) is 3.45. The zero-order valence-corrected chi connectivity index (χ0v) is 21.1. The van der Waals surface area contributed by atoms with E-state index in [0.29, 0.717) is 12.8 Å². The molecule has 2 bridgehead atoms. The number of hydrogen-bond acceptors (Lipinski definition) is 5. The van der Waals surface area contributed by atoms with E-state index >= 15 is 0 Å². The van der Waals surface area contributed by atoms with Crippen molar-refractivity contribution in [3.05, 3.63) is 106 Å². The number of rotatable bonds is 6. The average molecular weight is 507 g/mol. The summed E-state index contributed by atoms with van der Waals surface area (Å²) in [4.78, 5) is 55.4. The number of carbonyl (C=O) groups excluding carboxylic acids is 3. The van der Waals surface area contributed by atoms with Gasteiger partial charge in [0.2, 0.25) is 11.8 Å². The largest absolute Gasteiger partial charge is 0.298 e. The summed E-state index contributed by atoms with van der Waals surface area (Å²) in [5.74, 6) is -3.04. The predicted molar refractivity (Wildman–Crippen MR) is 143 cm³/mol. The van der Waals surface area contributed by atoms with Crippen LogP contribution in [-0.4, -0.2) is 22.5 Å². The summed E-state index contributed by atoms with van der Waals surface area (Å²) >= 11 is 0. The number of anilines is 1. The van der Waals surface area contributed by atoms with Crippen LogP contribution in [0, 0.1) is 32.8 Å². The maximum atomic E-state index is 14.7. The number of Topliss-reactive ketones (excluding diaryl/α,β-unsaturated/α-hetero) is 1. The number of nitrogens with zero attached hydrogens (tertiary/aromatic N) is 2. The molecule has 3 aliphatic rings. The second kappa shape index (κ2) is 8.31. The Morgan fingerprint density at radius 2 is 1.13 bits per heavy atom. The lowest BCUT2D eigenvalue weighted by molar-refractivity contribution is -0.384. The third kappa shape index (κ3) is 2.71. The van der Waals surface area contributed by atoms with Gasteiger partial charge in [0.15, 0.2) is 5.78 Å². The number of ketones is 1. The van der Waals surface area contributed by atoms with E-state index in [2.05, 4.69) is 0 Å².